The summed E-state index contributed by atoms with van der Waals surface area (Å²) in [4.78, 5) is 4.70. The van der Waals surface area contributed by atoms with Crippen molar-refractivity contribution in [1.29, 1.82) is 0 Å². The summed E-state index contributed by atoms with van der Waals surface area (Å²) in [6.07, 6.45) is -0.939. The van der Waals surface area contributed by atoms with Crippen molar-refractivity contribution in [3.05, 3.63) is 54.2 Å². The van der Waals surface area contributed by atoms with Gasteiger partial charge in [0, 0.05) is 23.9 Å². The molecule has 5 N–H and O–H groups in total. The first-order valence-corrected chi connectivity index (χ1v) is 11.0. The van der Waals surface area contributed by atoms with Crippen molar-refractivity contribution >= 4 is 27.3 Å². The van der Waals surface area contributed by atoms with E-state index in [9.17, 15) is 18.6 Å². The van der Waals surface area contributed by atoms with E-state index in [-0.39, 0.29) is 15.8 Å². The number of aliphatic hydroxyl groups excluding tert-OH is 2. The number of anilines is 3. The van der Waals surface area contributed by atoms with Gasteiger partial charge in [-0.1, -0.05) is 18.2 Å². The Kier molecular flexibility index (Phi) is 5.46. The number of hydrogen-bond acceptors (Lipinski definition) is 8. The number of aromatic nitrogens is 3. The minimum atomic E-state index is -3.77. The number of H-pyrrole nitrogens is 1. The Morgan fingerprint density at radius 2 is 1.63 bits per heavy atom. The lowest BCUT2D eigenvalue weighted by Gasteiger charge is -2.16. The summed E-state index contributed by atoms with van der Waals surface area (Å²) >= 11 is 0. The van der Waals surface area contributed by atoms with Crippen molar-refractivity contribution in [1.82, 2.24) is 15.2 Å². The fourth-order valence-corrected chi connectivity index (χ4v) is 4.79. The van der Waals surface area contributed by atoms with Gasteiger partial charge in [-0.25, -0.2) is 13.4 Å². The quantitative estimate of drug-likeness (QED) is 0.401. The molecule has 2 aromatic heterocycles. The number of nitrogens with zero attached hydrogens (tertiary/aromatic N) is 2. The van der Waals surface area contributed by atoms with E-state index in [2.05, 4.69) is 25.8 Å². The lowest BCUT2D eigenvalue weighted by atomic mass is 10.2. The molecule has 1 aliphatic rings. The molecule has 30 heavy (non-hydrogen) atoms. The fourth-order valence-electron chi connectivity index (χ4n) is 3.47. The molecule has 1 saturated carbocycles. The molecule has 0 spiro atoms. The molecular formula is C20H23N5O4S. The van der Waals surface area contributed by atoms with Crippen LogP contribution in [0.1, 0.15) is 18.5 Å². The summed E-state index contributed by atoms with van der Waals surface area (Å²) in [6.45, 7) is 1.85. The number of hydrogen-bond donors (Lipinski definition) is 5. The molecule has 0 unspecified atom stereocenters. The maximum atomic E-state index is 13.2. The second kappa shape index (κ2) is 8.05. The summed E-state index contributed by atoms with van der Waals surface area (Å²) in [7, 11) is -3.77. The molecule has 9 nitrogen and oxygen atoms in total. The normalized spacial score (nSPS) is 19.7. The number of aryl methyl sites for hydroxylation is 1. The number of sulfone groups is 1. The summed E-state index contributed by atoms with van der Waals surface area (Å²) in [5.41, 5.74) is 0.845. The van der Waals surface area contributed by atoms with Gasteiger partial charge in [-0.15, -0.1) is 0 Å². The Bertz CT molecular complexity index is 1120. The number of benzene rings is 1. The van der Waals surface area contributed by atoms with Gasteiger partial charge >= 0.3 is 0 Å². The monoisotopic (exact) mass is 429 g/mol. The largest absolute Gasteiger partial charge is 0.390 e. The molecule has 4 rings (SSSR count). The van der Waals surface area contributed by atoms with Crippen LogP contribution in [0.4, 0.5) is 17.5 Å². The van der Waals surface area contributed by atoms with Gasteiger partial charge in [-0.2, -0.15) is 5.10 Å². The Morgan fingerprint density at radius 3 is 2.27 bits per heavy atom. The van der Waals surface area contributed by atoms with Crippen molar-refractivity contribution in [2.45, 2.75) is 47.8 Å². The number of rotatable bonds is 6. The van der Waals surface area contributed by atoms with Gasteiger partial charge in [0.25, 0.3) is 0 Å². The topological polar surface area (TPSA) is 140 Å². The molecule has 0 bridgehead atoms. The van der Waals surface area contributed by atoms with Crippen molar-refractivity contribution in [3.63, 3.8) is 0 Å². The van der Waals surface area contributed by atoms with Crippen molar-refractivity contribution in [2.24, 2.45) is 0 Å². The van der Waals surface area contributed by atoms with Crippen LogP contribution in [0.3, 0.4) is 0 Å². The number of aromatic amines is 1. The summed E-state index contributed by atoms with van der Waals surface area (Å²) in [5, 5.41) is 32.7. The number of aliphatic hydroxyl groups is 2. The van der Waals surface area contributed by atoms with Crippen LogP contribution in [0.5, 0.6) is 0 Å². The standard InChI is InChI=1S/C20H23N5O4S/c1-12-7-20(25-24-12)23-19-11-15(30(28,29)14-5-3-2-4-6-14)10-18(22-19)21-13-8-16(26)17(27)9-13/h2-7,10-11,13,16-17,26-27H,8-9H2,1H3,(H3,21,22,23,24,25)/t16-,17-/m0/s1. The summed E-state index contributed by atoms with van der Waals surface area (Å²) in [5.74, 6) is 1.14. The SMILES string of the molecule is Cc1cc(Nc2cc(S(=O)(=O)c3ccccc3)cc(NC3C[C@H](O)[C@@H](O)C3)n2)n[nH]1. The van der Waals surface area contributed by atoms with Crippen LogP contribution in [0.25, 0.3) is 0 Å². The first-order valence-electron chi connectivity index (χ1n) is 9.55. The van der Waals surface area contributed by atoms with Crippen molar-refractivity contribution in [2.75, 3.05) is 10.6 Å². The van der Waals surface area contributed by atoms with Crippen molar-refractivity contribution in [3.8, 4) is 0 Å². The maximum absolute atomic E-state index is 13.2. The van der Waals surface area contributed by atoms with Gasteiger partial charge in [0.2, 0.25) is 9.84 Å². The van der Waals surface area contributed by atoms with Crippen LogP contribution in [0, 0.1) is 6.92 Å². The van der Waals surface area contributed by atoms with Crippen molar-refractivity contribution < 1.29 is 18.6 Å². The Hall–Kier alpha value is -2.95. The highest BCUT2D eigenvalue weighted by Gasteiger charge is 2.32. The molecule has 1 aromatic carbocycles. The molecule has 158 valence electrons. The highest BCUT2D eigenvalue weighted by Crippen LogP contribution is 2.29. The van der Waals surface area contributed by atoms with Crippen LogP contribution in [-0.2, 0) is 9.84 Å². The van der Waals surface area contributed by atoms with Gasteiger partial charge in [-0.05, 0) is 38.0 Å². The van der Waals surface area contributed by atoms with Crippen LogP contribution < -0.4 is 10.6 Å². The molecule has 3 aromatic rings. The maximum Gasteiger partial charge on any atom is 0.206 e. The van der Waals surface area contributed by atoms with Crippen LogP contribution in [0.15, 0.2) is 58.3 Å². The number of nitrogens with one attached hydrogen (secondary N) is 3. The average Bonchev–Trinajstić information content (AvgIpc) is 3.26. The Labute approximate surface area is 174 Å². The zero-order valence-electron chi connectivity index (χ0n) is 16.3. The predicted molar refractivity (Wildman–Crippen MR) is 111 cm³/mol. The summed E-state index contributed by atoms with van der Waals surface area (Å²) in [6, 6.07) is 12.6. The highest BCUT2D eigenvalue weighted by atomic mass is 32.2. The van der Waals surface area contributed by atoms with E-state index < -0.39 is 22.0 Å². The van der Waals surface area contributed by atoms with Crippen LogP contribution in [0.2, 0.25) is 0 Å². The Balaban J connectivity index is 1.70. The summed E-state index contributed by atoms with van der Waals surface area (Å²) < 4.78 is 26.3. The first kappa shape index (κ1) is 20.3. The average molecular weight is 430 g/mol. The van der Waals surface area contributed by atoms with E-state index in [1.54, 1.807) is 24.3 Å². The van der Waals surface area contributed by atoms with E-state index in [0.717, 1.165) is 5.69 Å². The first-order chi connectivity index (χ1) is 14.3. The van der Waals surface area contributed by atoms with Crippen LogP contribution >= 0.6 is 0 Å². The zero-order chi connectivity index (χ0) is 21.3. The van der Waals surface area contributed by atoms with Gasteiger partial charge in [-0.3, -0.25) is 5.10 Å². The van der Waals surface area contributed by atoms with E-state index in [1.165, 1.54) is 24.3 Å². The smallest absolute Gasteiger partial charge is 0.206 e. The molecule has 0 radical (unpaired) electrons. The minimum Gasteiger partial charge on any atom is -0.390 e. The van der Waals surface area contributed by atoms with E-state index in [0.29, 0.717) is 30.3 Å². The van der Waals surface area contributed by atoms with Gasteiger partial charge in [0.15, 0.2) is 5.82 Å². The van der Waals surface area contributed by atoms with E-state index in [1.807, 2.05) is 6.92 Å². The molecule has 2 heterocycles. The third-order valence-electron chi connectivity index (χ3n) is 4.97. The molecule has 0 amide bonds. The second-order valence-electron chi connectivity index (χ2n) is 7.40. The second-order valence-corrected chi connectivity index (χ2v) is 9.35. The molecule has 0 saturated heterocycles. The zero-order valence-corrected chi connectivity index (χ0v) is 17.1. The van der Waals surface area contributed by atoms with Gasteiger partial charge in [0.1, 0.15) is 11.6 Å². The van der Waals surface area contributed by atoms with E-state index >= 15 is 0 Å². The number of pyridine rings is 1. The molecular weight excluding hydrogens is 406 g/mol. The highest BCUT2D eigenvalue weighted by molar-refractivity contribution is 7.91. The predicted octanol–water partition coefficient (Wildman–Crippen LogP) is 1.99. The van der Waals surface area contributed by atoms with Gasteiger partial charge in [0.05, 0.1) is 22.0 Å². The Morgan fingerprint density at radius 1 is 0.967 bits per heavy atom. The molecule has 1 fully saturated rings. The van der Waals surface area contributed by atoms with E-state index in [4.69, 9.17) is 0 Å². The third kappa shape index (κ3) is 4.30. The van der Waals surface area contributed by atoms with Crippen LogP contribution in [-0.4, -0.2) is 52.1 Å². The minimum absolute atomic E-state index is 0.0695. The molecule has 0 aliphatic heterocycles. The molecule has 1 aliphatic carbocycles. The van der Waals surface area contributed by atoms with Gasteiger partial charge < -0.3 is 20.8 Å². The lowest BCUT2D eigenvalue weighted by molar-refractivity contribution is 0.0438. The molecule has 10 heteroatoms. The third-order valence-corrected chi connectivity index (χ3v) is 6.72. The lowest BCUT2D eigenvalue weighted by Crippen LogP contribution is -2.18. The molecule has 2 atom stereocenters. The fraction of sp³-hybridized carbons (Fsp3) is 0.300.